The van der Waals surface area contributed by atoms with Crippen molar-refractivity contribution in [3.63, 3.8) is 0 Å². The summed E-state index contributed by atoms with van der Waals surface area (Å²) in [6.07, 6.45) is 14.2. The van der Waals surface area contributed by atoms with Crippen LogP contribution < -0.4 is 0 Å². The molecule has 21 heavy (non-hydrogen) atoms. The minimum Gasteiger partial charge on any atom is -0.300 e. The summed E-state index contributed by atoms with van der Waals surface area (Å²) in [4.78, 5) is 2.43. The van der Waals surface area contributed by atoms with Crippen molar-refractivity contribution in [3.8, 4) is 0 Å². The van der Waals surface area contributed by atoms with E-state index in [2.05, 4.69) is 77.7 Å². The van der Waals surface area contributed by atoms with Gasteiger partial charge >= 0.3 is 0 Å². The molecular weight excluding hydrogens is 254 g/mol. The van der Waals surface area contributed by atoms with Crippen molar-refractivity contribution in [2.75, 3.05) is 19.6 Å². The second-order valence-corrected chi connectivity index (χ2v) is 8.11. The van der Waals surface area contributed by atoms with Crippen molar-refractivity contribution in [3.05, 3.63) is 24.3 Å². The lowest BCUT2D eigenvalue weighted by molar-refractivity contribution is 0.215. The Morgan fingerprint density at radius 1 is 0.762 bits per heavy atom. The highest BCUT2D eigenvalue weighted by atomic mass is 15.1. The smallest absolute Gasteiger partial charge is 0.0162 e. The van der Waals surface area contributed by atoms with Crippen LogP contribution >= 0.6 is 0 Å². The van der Waals surface area contributed by atoms with Crippen LogP contribution in [0.1, 0.15) is 74.1 Å². The van der Waals surface area contributed by atoms with Crippen molar-refractivity contribution in [1.82, 2.24) is 4.90 Å². The van der Waals surface area contributed by atoms with E-state index in [-0.39, 0.29) is 0 Å². The van der Waals surface area contributed by atoms with E-state index in [1.54, 1.807) is 0 Å². The molecule has 1 nitrogen and oxygen atoms in total. The van der Waals surface area contributed by atoms with E-state index in [0.717, 1.165) is 26.1 Å². The summed E-state index contributed by atoms with van der Waals surface area (Å²) in [6.45, 7) is 19.6. The number of hydrogen-bond donors (Lipinski definition) is 0. The Morgan fingerprint density at radius 3 is 1.76 bits per heavy atom. The second kappa shape index (κ2) is 10.2. The average Bonchev–Trinajstić information content (AvgIpc) is 2.34. The van der Waals surface area contributed by atoms with Gasteiger partial charge in [0, 0.05) is 6.54 Å². The SMILES string of the molecule is CCN(CC)CC=CCCC=CCC(C)(C)CC(C)(C)C. The van der Waals surface area contributed by atoms with E-state index in [4.69, 9.17) is 0 Å². The van der Waals surface area contributed by atoms with Crippen LogP contribution in [-0.2, 0) is 0 Å². The molecule has 0 heterocycles. The standard InChI is InChI=1S/C20H39N/c1-8-21(9-2)17-15-13-11-10-12-14-16-20(6,7)18-19(3,4)5/h12-15H,8-11,16-18H2,1-7H3. The van der Waals surface area contributed by atoms with E-state index in [0.29, 0.717) is 10.8 Å². The van der Waals surface area contributed by atoms with Crippen molar-refractivity contribution >= 4 is 0 Å². The third-order valence-electron chi connectivity index (χ3n) is 3.77. The lowest BCUT2D eigenvalue weighted by Gasteiger charge is -2.31. The van der Waals surface area contributed by atoms with Crippen LogP contribution in [0.2, 0.25) is 0 Å². The number of likely N-dealkylation sites (N-methyl/N-ethyl adjacent to an activating group) is 1. The Morgan fingerprint density at radius 2 is 1.29 bits per heavy atom. The fourth-order valence-corrected chi connectivity index (χ4v) is 3.04. The molecule has 0 aromatic rings. The van der Waals surface area contributed by atoms with Gasteiger partial charge in [-0.3, -0.25) is 0 Å². The van der Waals surface area contributed by atoms with E-state index < -0.39 is 0 Å². The first-order chi connectivity index (χ1) is 9.70. The molecule has 0 radical (unpaired) electrons. The molecule has 0 N–H and O–H groups in total. The van der Waals surface area contributed by atoms with Gasteiger partial charge in [0.1, 0.15) is 0 Å². The molecule has 0 amide bonds. The normalized spacial score (nSPS) is 13.9. The fraction of sp³-hybridized carbons (Fsp3) is 0.800. The number of hydrogen-bond acceptors (Lipinski definition) is 1. The lowest BCUT2D eigenvalue weighted by atomic mass is 9.74. The lowest BCUT2D eigenvalue weighted by Crippen LogP contribution is -2.22. The molecule has 0 aliphatic heterocycles. The zero-order chi connectivity index (χ0) is 16.4. The van der Waals surface area contributed by atoms with Gasteiger partial charge in [0.2, 0.25) is 0 Å². The van der Waals surface area contributed by atoms with E-state index in [9.17, 15) is 0 Å². The van der Waals surface area contributed by atoms with E-state index in [1.807, 2.05) is 0 Å². The van der Waals surface area contributed by atoms with Gasteiger partial charge in [0.25, 0.3) is 0 Å². The average molecular weight is 294 g/mol. The van der Waals surface area contributed by atoms with Gasteiger partial charge in [-0.05, 0) is 49.6 Å². The summed E-state index contributed by atoms with van der Waals surface area (Å²) in [5, 5.41) is 0. The molecule has 0 saturated carbocycles. The van der Waals surface area contributed by atoms with Crippen LogP contribution in [0, 0.1) is 10.8 Å². The maximum Gasteiger partial charge on any atom is 0.0162 e. The van der Waals surface area contributed by atoms with Gasteiger partial charge in [0.05, 0.1) is 0 Å². The molecule has 124 valence electrons. The predicted molar refractivity (Wildman–Crippen MR) is 97.8 cm³/mol. The third-order valence-corrected chi connectivity index (χ3v) is 3.77. The molecule has 0 aromatic carbocycles. The fourth-order valence-electron chi connectivity index (χ4n) is 3.04. The monoisotopic (exact) mass is 293 g/mol. The molecule has 0 saturated heterocycles. The minimum atomic E-state index is 0.410. The maximum absolute atomic E-state index is 2.43. The minimum absolute atomic E-state index is 0.410. The second-order valence-electron chi connectivity index (χ2n) is 8.11. The Labute approximate surface area is 134 Å². The molecule has 0 fully saturated rings. The van der Waals surface area contributed by atoms with Crippen LogP contribution in [0.3, 0.4) is 0 Å². The van der Waals surface area contributed by atoms with E-state index >= 15 is 0 Å². The quantitative estimate of drug-likeness (QED) is 0.349. The van der Waals surface area contributed by atoms with Crippen molar-refractivity contribution in [1.29, 1.82) is 0 Å². The summed E-state index contributed by atoms with van der Waals surface area (Å²) in [7, 11) is 0. The highest BCUT2D eigenvalue weighted by Gasteiger charge is 2.23. The summed E-state index contributed by atoms with van der Waals surface area (Å²) < 4.78 is 0. The molecule has 0 aliphatic rings. The topological polar surface area (TPSA) is 3.24 Å². The number of rotatable bonds is 10. The summed E-state index contributed by atoms with van der Waals surface area (Å²) in [5.41, 5.74) is 0.831. The molecule has 0 aliphatic carbocycles. The molecule has 1 heteroatoms. The van der Waals surface area contributed by atoms with Gasteiger partial charge in [-0.1, -0.05) is 72.8 Å². The van der Waals surface area contributed by atoms with Crippen LogP contribution in [-0.4, -0.2) is 24.5 Å². The van der Waals surface area contributed by atoms with Gasteiger partial charge in [0.15, 0.2) is 0 Å². The Bertz CT molecular complexity index is 300. The predicted octanol–water partition coefficient (Wildman–Crippen LogP) is 6.07. The van der Waals surface area contributed by atoms with Crippen LogP contribution in [0.4, 0.5) is 0 Å². The first-order valence-corrected chi connectivity index (χ1v) is 8.72. The molecule has 0 bridgehead atoms. The van der Waals surface area contributed by atoms with Crippen molar-refractivity contribution < 1.29 is 0 Å². The summed E-state index contributed by atoms with van der Waals surface area (Å²) in [5.74, 6) is 0. The van der Waals surface area contributed by atoms with Crippen LogP contribution in [0.5, 0.6) is 0 Å². The van der Waals surface area contributed by atoms with Gasteiger partial charge < -0.3 is 4.90 Å². The molecule has 0 atom stereocenters. The molecule has 0 aromatic heterocycles. The highest BCUT2D eigenvalue weighted by molar-refractivity contribution is 4.92. The Kier molecular flexibility index (Phi) is 9.94. The number of unbranched alkanes of at least 4 members (excludes halogenated alkanes) is 1. The summed E-state index contributed by atoms with van der Waals surface area (Å²) in [6, 6.07) is 0. The molecule has 0 rings (SSSR count). The first-order valence-electron chi connectivity index (χ1n) is 8.72. The molecule has 0 unspecified atom stereocenters. The first kappa shape index (κ1) is 20.4. The maximum atomic E-state index is 2.43. The number of allylic oxidation sites excluding steroid dienone is 3. The Hall–Kier alpha value is -0.560. The van der Waals surface area contributed by atoms with Crippen LogP contribution in [0.15, 0.2) is 24.3 Å². The summed E-state index contributed by atoms with van der Waals surface area (Å²) >= 11 is 0. The zero-order valence-electron chi connectivity index (χ0n) is 15.7. The molecular formula is C20H39N. The van der Waals surface area contributed by atoms with Crippen molar-refractivity contribution in [2.24, 2.45) is 10.8 Å². The van der Waals surface area contributed by atoms with E-state index in [1.165, 1.54) is 19.3 Å². The largest absolute Gasteiger partial charge is 0.300 e. The van der Waals surface area contributed by atoms with Gasteiger partial charge in [-0.25, -0.2) is 0 Å². The number of nitrogens with zero attached hydrogens (tertiary/aromatic N) is 1. The highest BCUT2D eigenvalue weighted by Crippen LogP contribution is 2.35. The molecule has 0 spiro atoms. The van der Waals surface area contributed by atoms with Gasteiger partial charge in [-0.15, -0.1) is 0 Å². The van der Waals surface area contributed by atoms with Crippen LogP contribution in [0.25, 0.3) is 0 Å². The van der Waals surface area contributed by atoms with Gasteiger partial charge in [-0.2, -0.15) is 0 Å². The third kappa shape index (κ3) is 12.9. The zero-order valence-corrected chi connectivity index (χ0v) is 15.7. The Balaban J connectivity index is 3.85. The van der Waals surface area contributed by atoms with Crippen molar-refractivity contribution in [2.45, 2.75) is 74.1 Å².